The van der Waals surface area contributed by atoms with Crippen molar-refractivity contribution in [2.45, 2.75) is 26.7 Å². The van der Waals surface area contributed by atoms with E-state index in [2.05, 4.69) is 10.2 Å². The first-order chi connectivity index (χ1) is 10.1. The van der Waals surface area contributed by atoms with Crippen LogP contribution in [0.3, 0.4) is 0 Å². The standard InChI is InChI=1S/C16H25N3O2/c1-3-21-15-6-4-5-14(16(15)17)19-9-7-13(8-10-19)11-18-12(2)20/h4-6,13H,3,7-11,17H2,1-2H3,(H,18,20). The maximum atomic E-state index is 11.0. The number of ether oxygens (including phenoxy) is 1. The van der Waals surface area contributed by atoms with Crippen molar-refractivity contribution in [1.82, 2.24) is 5.32 Å². The van der Waals surface area contributed by atoms with Crippen LogP contribution >= 0.6 is 0 Å². The summed E-state index contributed by atoms with van der Waals surface area (Å²) in [7, 11) is 0. The van der Waals surface area contributed by atoms with Crippen LogP contribution in [0.1, 0.15) is 26.7 Å². The lowest BCUT2D eigenvalue weighted by Gasteiger charge is -2.34. The summed E-state index contributed by atoms with van der Waals surface area (Å²) in [5.74, 6) is 1.36. The highest BCUT2D eigenvalue weighted by atomic mass is 16.5. The molecule has 0 unspecified atom stereocenters. The predicted octanol–water partition coefficient (Wildman–Crippen LogP) is 2.02. The van der Waals surface area contributed by atoms with Gasteiger partial charge in [0, 0.05) is 26.6 Å². The van der Waals surface area contributed by atoms with Crippen molar-refractivity contribution >= 4 is 17.3 Å². The number of nitrogens with zero attached hydrogens (tertiary/aromatic N) is 1. The summed E-state index contributed by atoms with van der Waals surface area (Å²) >= 11 is 0. The zero-order valence-electron chi connectivity index (χ0n) is 12.9. The summed E-state index contributed by atoms with van der Waals surface area (Å²) in [6.45, 7) is 6.84. The van der Waals surface area contributed by atoms with Gasteiger partial charge in [-0.15, -0.1) is 0 Å². The van der Waals surface area contributed by atoms with E-state index in [-0.39, 0.29) is 5.91 Å². The molecule has 116 valence electrons. The topological polar surface area (TPSA) is 67.6 Å². The Kier molecular flexibility index (Phi) is 5.31. The van der Waals surface area contributed by atoms with Crippen LogP contribution in [-0.2, 0) is 4.79 Å². The second-order valence-corrected chi connectivity index (χ2v) is 5.49. The number of hydrogen-bond donors (Lipinski definition) is 2. The molecule has 0 spiro atoms. The van der Waals surface area contributed by atoms with E-state index < -0.39 is 0 Å². The fraction of sp³-hybridized carbons (Fsp3) is 0.562. The number of carbonyl (C=O) groups is 1. The zero-order chi connectivity index (χ0) is 15.2. The maximum Gasteiger partial charge on any atom is 0.216 e. The normalized spacial score (nSPS) is 15.8. The number of nitrogen functional groups attached to an aromatic ring is 1. The first kappa shape index (κ1) is 15.5. The van der Waals surface area contributed by atoms with Crippen LogP contribution in [0.4, 0.5) is 11.4 Å². The van der Waals surface area contributed by atoms with Crippen molar-refractivity contribution in [3.63, 3.8) is 0 Å². The van der Waals surface area contributed by atoms with Crippen molar-refractivity contribution in [3.8, 4) is 5.75 Å². The first-order valence-electron chi connectivity index (χ1n) is 7.62. The quantitative estimate of drug-likeness (QED) is 0.815. The minimum Gasteiger partial charge on any atom is -0.492 e. The van der Waals surface area contributed by atoms with Crippen LogP contribution in [0.5, 0.6) is 5.75 Å². The summed E-state index contributed by atoms with van der Waals surface area (Å²) in [5.41, 5.74) is 7.99. The number of benzene rings is 1. The molecule has 1 saturated heterocycles. The summed E-state index contributed by atoms with van der Waals surface area (Å²) in [6, 6.07) is 5.94. The Morgan fingerprint density at radius 3 is 2.76 bits per heavy atom. The van der Waals surface area contributed by atoms with Gasteiger partial charge in [0.05, 0.1) is 18.0 Å². The molecule has 0 aromatic heterocycles. The smallest absolute Gasteiger partial charge is 0.216 e. The number of para-hydroxylation sites is 1. The Morgan fingerprint density at radius 1 is 1.43 bits per heavy atom. The van der Waals surface area contributed by atoms with Crippen LogP contribution in [0.2, 0.25) is 0 Å². The average molecular weight is 291 g/mol. The lowest BCUT2D eigenvalue weighted by molar-refractivity contribution is -0.119. The number of nitrogens with two attached hydrogens (primary N) is 1. The van der Waals surface area contributed by atoms with Crippen molar-refractivity contribution in [2.24, 2.45) is 5.92 Å². The first-order valence-corrected chi connectivity index (χ1v) is 7.62. The van der Waals surface area contributed by atoms with E-state index in [1.165, 1.54) is 0 Å². The van der Waals surface area contributed by atoms with Gasteiger partial charge < -0.3 is 20.7 Å². The number of rotatable bonds is 5. The van der Waals surface area contributed by atoms with Crippen LogP contribution in [-0.4, -0.2) is 32.1 Å². The molecule has 3 N–H and O–H groups in total. The Bertz CT molecular complexity index is 482. The van der Waals surface area contributed by atoms with Gasteiger partial charge in [-0.1, -0.05) is 6.07 Å². The largest absolute Gasteiger partial charge is 0.492 e. The molecule has 0 bridgehead atoms. The third-order valence-corrected chi connectivity index (χ3v) is 3.94. The van der Waals surface area contributed by atoms with Crippen LogP contribution in [0.15, 0.2) is 18.2 Å². The molecule has 1 heterocycles. The van der Waals surface area contributed by atoms with Gasteiger partial charge in [-0.3, -0.25) is 4.79 Å². The molecule has 21 heavy (non-hydrogen) atoms. The van der Waals surface area contributed by atoms with E-state index in [0.29, 0.717) is 12.5 Å². The minimum atomic E-state index is 0.0473. The molecule has 1 aromatic rings. The van der Waals surface area contributed by atoms with Crippen LogP contribution < -0.4 is 20.7 Å². The molecule has 0 saturated carbocycles. The number of amides is 1. The van der Waals surface area contributed by atoms with Crippen LogP contribution in [0.25, 0.3) is 0 Å². The molecule has 0 atom stereocenters. The second kappa shape index (κ2) is 7.20. The molecular formula is C16H25N3O2. The molecule has 1 fully saturated rings. The molecule has 0 aliphatic carbocycles. The third kappa shape index (κ3) is 4.03. The fourth-order valence-corrected chi connectivity index (χ4v) is 2.76. The Labute approximate surface area is 126 Å². The van der Waals surface area contributed by atoms with E-state index in [9.17, 15) is 4.79 Å². The number of carbonyl (C=O) groups excluding carboxylic acids is 1. The van der Waals surface area contributed by atoms with Gasteiger partial charge in [0.15, 0.2) is 0 Å². The molecule has 1 aliphatic rings. The molecule has 2 rings (SSSR count). The van der Waals surface area contributed by atoms with E-state index in [1.54, 1.807) is 6.92 Å². The Hall–Kier alpha value is -1.91. The Balaban J connectivity index is 1.96. The highest BCUT2D eigenvalue weighted by molar-refractivity contribution is 5.74. The minimum absolute atomic E-state index is 0.0473. The lowest BCUT2D eigenvalue weighted by Crippen LogP contribution is -2.38. The highest BCUT2D eigenvalue weighted by Crippen LogP contribution is 2.34. The molecule has 1 amide bonds. The van der Waals surface area contributed by atoms with Crippen LogP contribution in [0, 0.1) is 5.92 Å². The molecular weight excluding hydrogens is 266 g/mol. The van der Waals surface area contributed by atoms with Gasteiger partial charge in [-0.25, -0.2) is 0 Å². The predicted molar refractivity (Wildman–Crippen MR) is 85.6 cm³/mol. The third-order valence-electron chi connectivity index (χ3n) is 3.94. The van der Waals surface area contributed by atoms with Gasteiger partial charge >= 0.3 is 0 Å². The van der Waals surface area contributed by atoms with Gasteiger partial charge in [0.1, 0.15) is 5.75 Å². The van der Waals surface area contributed by atoms with Gasteiger partial charge in [0.25, 0.3) is 0 Å². The van der Waals surface area contributed by atoms with Crippen molar-refractivity contribution in [3.05, 3.63) is 18.2 Å². The van der Waals surface area contributed by atoms with E-state index in [4.69, 9.17) is 10.5 Å². The van der Waals surface area contributed by atoms with Gasteiger partial charge in [-0.05, 0) is 37.8 Å². The maximum absolute atomic E-state index is 11.0. The van der Waals surface area contributed by atoms with E-state index in [1.807, 2.05) is 25.1 Å². The summed E-state index contributed by atoms with van der Waals surface area (Å²) in [4.78, 5) is 13.3. The lowest BCUT2D eigenvalue weighted by atomic mass is 9.96. The molecule has 5 heteroatoms. The average Bonchev–Trinajstić information content (AvgIpc) is 2.48. The SMILES string of the molecule is CCOc1cccc(N2CCC(CNC(C)=O)CC2)c1N. The number of nitrogens with one attached hydrogen (secondary N) is 1. The van der Waals surface area contributed by atoms with Crippen molar-refractivity contribution in [2.75, 3.05) is 36.9 Å². The number of piperidine rings is 1. The molecule has 1 aliphatic heterocycles. The number of hydrogen-bond acceptors (Lipinski definition) is 4. The summed E-state index contributed by atoms with van der Waals surface area (Å²) in [5, 5.41) is 2.90. The fourth-order valence-electron chi connectivity index (χ4n) is 2.76. The summed E-state index contributed by atoms with van der Waals surface area (Å²) < 4.78 is 5.56. The van der Waals surface area contributed by atoms with Gasteiger partial charge in [-0.2, -0.15) is 0 Å². The molecule has 5 nitrogen and oxygen atoms in total. The monoisotopic (exact) mass is 291 g/mol. The molecule has 0 radical (unpaired) electrons. The van der Waals surface area contributed by atoms with Crippen molar-refractivity contribution in [1.29, 1.82) is 0 Å². The zero-order valence-corrected chi connectivity index (χ0v) is 12.9. The van der Waals surface area contributed by atoms with E-state index in [0.717, 1.165) is 49.6 Å². The van der Waals surface area contributed by atoms with E-state index >= 15 is 0 Å². The second-order valence-electron chi connectivity index (χ2n) is 5.49. The van der Waals surface area contributed by atoms with Gasteiger partial charge in [0.2, 0.25) is 5.91 Å². The molecule has 1 aromatic carbocycles. The Morgan fingerprint density at radius 2 is 2.14 bits per heavy atom. The number of anilines is 2. The van der Waals surface area contributed by atoms with Crippen molar-refractivity contribution < 1.29 is 9.53 Å². The summed E-state index contributed by atoms with van der Waals surface area (Å²) in [6.07, 6.45) is 2.14. The highest BCUT2D eigenvalue weighted by Gasteiger charge is 2.21.